The highest BCUT2D eigenvalue weighted by Crippen LogP contribution is 2.37. The van der Waals surface area contributed by atoms with Gasteiger partial charge in [0.2, 0.25) is 0 Å². The topological polar surface area (TPSA) is 76.4 Å². The zero-order valence-corrected chi connectivity index (χ0v) is 15.6. The number of halogens is 1. The van der Waals surface area contributed by atoms with E-state index in [1.807, 2.05) is 43.7 Å². The van der Waals surface area contributed by atoms with E-state index in [0.717, 1.165) is 21.1 Å². The maximum absolute atomic E-state index is 11.8. The van der Waals surface area contributed by atoms with Gasteiger partial charge in [0.25, 0.3) is 0 Å². The van der Waals surface area contributed by atoms with Crippen LogP contribution < -0.4 is 5.32 Å². The van der Waals surface area contributed by atoms with Gasteiger partial charge in [-0.25, -0.2) is 4.79 Å². The highest BCUT2D eigenvalue weighted by atomic mass is 79.9. The van der Waals surface area contributed by atoms with Gasteiger partial charge in [-0.1, -0.05) is 15.9 Å². The highest BCUT2D eigenvalue weighted by molar-refractivity contribution is 9.10. The summed E-state index contributed by atoms with van der Waals surface area (Å²) in [4.78, 5) is 11.8. The van der Waals surface area contributed by atoms with Crippen LogP contribution in [-0.4, -0.2) is 32.6 Å². The lowest BCUT2D eigenvalue weighted by molar-refractivity contribution is 0.0138. The third-order valence-corrected chi connectivity index (χ3v) is 4.57. The van der Waals surface area contributed by atoms with Gasteiger partial charge in [0.05, 0.1) is 23.9 Å². The number of benzene rings is 1. The standard InChI is InChI=1S/C17H22BrN3O3/c1-17(2,3)19-16(23)24-12-7-11(8-12)21-15(9-22)13-6-10(18)4-5-14(13)20-21/h4-6,11-12,22H,7-9H2,1-3H3,(H,19,23). The third kappa shape index (κ3) is 3.57. The number of ether oxygens (including phenoxy) is 1. The smallest absolute Gasteiger partial charge is 0.407 e. The fraction of sp³-hybridized carbons (Fsp3) is 0.529. The van der Waals surface area contributed by atoms with Crippen molar-refractivity contribution in [3.05, 3.63) is 28.4 Å². The number of carbonyl (C=O) groups excluding carboxylic acids is 1. The van der Waals surface area contributed by atoms with E-state index in [0.29, 0.717) is 12.8 Å². The Kier molecular flexibility index (Phi) is 4.57. The highest BCUT2D eigenvalue weighted by Gasteiger charge is 2.36. The summed E-state index contributed by atoms with van der Waals surface area (Å²) in [6.45, 7) is 5.68. The van der Waals surface area contributed by atoms with E-state index in [2.05, 4.69) is 26.3 Å². The number of aromatic nitrogens is 2. The van der Waals surface area contributed by atoms with Crippen LogP contribution >= 0.6 is 15.9 Å². The molecule has 6 nitrogen and oxygen atoms in total. The van der Waals surface area contributed by atoms with Crippen LogP contribution in [0.2, 0.25) is 0 Å². The molecule has 1 aliphatic rings. The first-order chi connectivity index (χ1) is 11.3. The lowest BCUT2D eigenvalue weighted by Gasteiger charge is -2.36. The minimum Gasteiger partial charge on any atom is -0.446 e. The van der Waals surface area contributed by atoms with E-state index in [-0.39, 0.29) is 30.4 Å². The van der Waals surface area contributed by atoms with E-state index in [1.54, 1.807) is 0 Å². The molecule has 3 rings (SSSR count). The summed E-state index contributed by atoms with van der Waals surface area (Å²) in [5.74, 6) is 0. The number of hydrogen-bond donors (Lipinski definition) is 2. The molecular formula is C17H22BrN3O3. The van der Waals surface area contributed by atoms with Gasteiger partial charge in [-0.05, 0) is 39.0 Å². The Morgan fingerprint density at radius 1 is 1.46 bits per heavy atom. The van der Waals surface area contributed by atoms with Crippen molar-refractivity contribution < 1.29 is 14.6 Å². The molecule has 130 valence electrons. The van der Waals surface area contributed by atoms with Gasteiger partial charge in [-0.15, -0.1) is 0 Å². The van der Waals surface area contributed by atoms with Crippen LogP contribution in [0.4, 0.5) is 4.79 Å². The summed E-state index contributed by atoms with van der Waals surface area (Å²) < 4.78 is 8.25. The first-order valence-electron chi connectivity index (χ1n) is 8.03. The number of aliphatic hydroxyl groups excluding tert-OH is 1. The van der Waals surface area contributed by atoms with Crippen molar-refractivity contribution in [3.8, 4) is 0 Å². The van der Waals surface area contributed by atoms with Crippen molar-refractivity contribution in [1.29, 1.82) is 0 Å². The van der Waals surface area contributed by atoms with Crippen LogP contribution in [0.3, 0.4) is 0 Å². The summed E-state index contributed by atoms with van der Waals surface area (Å²) in [6, 6.07) is 5.97. The van der Waals surface area contributed by atoms with Gasteiger partial charge in [0.1, 0.15) is 6.10 Å². The van der Waals surface area contributed by atoms with Gasteiger partial charge in [-0.2, -0.15) is 5.10 Å². The monoisotopic (exact) mass is 395 g/mol. The molecule has 1 amide bonds. The number of aliphatic hydroxyl groups is 1. The normalized spacial score (nSPS) is 20.7. The number of carbonyl (C=O) groups is 1. The van der Waals surface area contributed by atoms with Crippen molar-refractivity contribution in [2.45, 2.75) is 57.9 Å². The second-order valence-electron chi connectivity index (χ2n) is 7.24. The van der Waals surface area contributed by atoms with Crippen LogP contribution in [0.5, 0.6) is 0 Å². The Hall–Kier alpha value is -1.60. The first-order valence-corrected chi connectivity index (χ1v) is 8.82. The molecule has 2 aromatic rings. The molecule has 0 saturated heterocycles. The summed E-state index contributed by atoms with van der Waals surface area (Å²) in [5.41, 5.74) is 1.35. The molecule has 2 N–H and O–H groups in total. The minimum absolute atomic E-state index is 0.0700. The average molecular weight is 396 g/mol. The Morgan fingerprint density at radius 3 is 2.79 bits per heavy atom. The number of rotatable bonds is 3. The van der Waals surface area contributed by atoms with Crippen LogP contribution in [0.1, 0.15) is 45.3 Å². The van der Waals surface area contributed by atoms with E-state index in [4.69, 9.17) is 4.74 Å². The molecule has 0 spiro atoms. The van der Waals surface area contributed by atoms with Gasteiger partial charge in [0.15, 0.2) is 0 Å². The van der Waals surface area contributed by atoms with Crippen molar-refractivity contribution in [2.75, 3.05) is 0 Å². The zero-order valence-electron chi connectivity index (χ0n) is 14.0. The SMILES string of the molecule is CC(C)(C)NC(=O)OC1CC(n2nc3ccc(Br)cc3c2CO)C1. The minimum atomic E-state index is -0.386. The largest absolute Gasteiger partial charge is 0.446 e. The molecule has 1 heterocycles. The van der Waals surface area contributed by atoms with Crippen molar-refractivity contribution >= 4 is 32.9 Å². The van der Waals surface area contributed by atoms with Crippen LogP contribution in [0, 0.1) is 0 Å². The van der Waals surface area contributed by atoms with E-state index < -0.39 is 0 Å². The molecule has 7 heteroatoms. The first kappa shape index (κ1) is 17.2. The Bertz CT molecular complexity index is 760. The van der Waals surface area contributed by atoms with E-state index in [9.17, 15) is 9.90 Å². The predicted molar refractivity (Wildman–Crippen MR) is 94.8 cm³/mol. The maximum Gasteiger partial charge on any atom is 0.407 e. The molecule has 24 heavy (non-hydrogen) atoms. The summed E-state index contributed by atoms with van der Waals surface area (Å²) in [7, 11) is 0. The van der Waals surface area contributed by atoms with Crippen LogP contribution in [-0.2, 0) is 11.3 Å². The molecule has 1 aromatic heterocycles. The van der Waals surface area contributed by atoms with Crippen LogP contribution in [0.25, 0.3) is 10.9 Å². The number of nitrogens with one attached hydrogen (secondary N) is 1. The van der Waals surface area contributed by atoms with Crippen molar-refractivity contribution in [3.63, 3.8) is 0 Å². The summed E-state index contributed by atoms with van der Waals surface area (Å²) in [5, 5.41) is 18.1. The third-order valence-electron chi connectivity index (χ3n) is 4.08. The maximum atomic E-state index is 11.8. The van der Waals surface area contributed by atoms with Gasteiger partial charge >= 0.3 is 6.09 Å². The lowest BCUT2D eigenvalue weighted by Crippen LogP contribution is -2.45. The number of hydrogen-bond acceptors (Lipinski definition) is 4. The van der Waals surface area contributed by atoms with Gasteiger partial charge in [-0.3, -0.25) is 4.68 Å². The van der Waals surface area contributed by atoms with Gasteiger partial charge in [0, 0.05) is 28.2 Å². The van der Waals surface area contributed by atoms with Gasteiger partial charge < -0.3 is 15.2 Å². The van der Waals surface area contributed by atoms with Crippen molar-refractivity contribution in [1.82, 2.24) is 15.1 Å². The fourth-order valence-electron chi connectivity index (χ4n) is 2.91. The number of nitrogens with zero attached hydrogens (tertiary/aromatic N) is 2. The fourth-order valence-corrected chi connectivity index (χ4v) is 3.27. The molecule has 1 fully saturated rings. The quantitative estimate of drug-likeness (QED) is 0.833. The average Bonchev–Trinajstić information content (AvgIpc) is 2.77. The molecule has 1 saturated carbocycles. The molecule has 1 aliphatic carbocycles. The lowest BCUT2D eigenvalue weighted by atomic mass is 9.89. The number of alkyl carbamates (subject to hydrolysis) is 1. The zero-order chi connectivity index (χ0) is 17.5. The second-order valence-corrected chi connectivity index (χ2v) is 8.15. The summed E-state index contributed by atoms with van der Waals surface area (Å²) >= 11 is 3.45. The van der Waals surface area contributed by atoms with E-state index in [1.165, 1.54) is 0 Å². The molecule has 0 aliphatic heterocycles. The second kappa shape index (κ2) is 6.37. The van der Waals surface area contributed by atoms with Crippen molar-refractivity contribution in [2.24, 2.45) is 0 Å². The Labute approximate surface area is 149 Å². The summed E-state index contributed by atoms with van der Waals surface area (Å²) in [6.07, 6.45) is 0.922. The molecule has 0 radical (unpaired) electrons. The van der Waals surface area contributed by atoms with Crippen LogP contribution in [0.15, 0.2) is 22.7 Å². The van der Waals surface area contributed by atoms with E-state index >= 15 is 0 Å². The Morgan fingerprint density at radius 2 is 2.17 bits per heavy atom. The predicted octanol–water partition coefficient (Wildman–Crippen LogP) is 3.52. The molecule has 0 unspecified atom stereocenters. The molecule has 1 aromatic carbocycles. The molecule has 0 atom stereocenters. The number of amides is 1. The Balaban J connectivity index is 1.68. The molecular weight excluding hydrogens is 374 g/mol. The number of fused-ring (bicyclic) bond motifs is 1. The molecule has 0 bridgehead atoms.